The minimum atomic E-state index is -4.28. The maximum atomic E-state index is 14.9. The molecule has 2 amide bonds. The van der Waals surface area contributed by atoms with E-state index in [1.54, 1.807) is 54.6 Å². The highest BCUT2D eigenvalue weighted by Crippen LogP contribution is 2.30. The summed E-state index contributed by atoms with van der Waals surface area (Å²) in [5, 5.41) is 3.97. The molecule has 1 aliphatic rings. The molecule has 8 nitrogen and oxygen atoms in total. The predicted molar refractivity (Wildman–Crippen MR) is 215 cm³/mol. The number of carbonyl (C=O) groups is 2. The van der Waals surface area contributed by atoms with Crippen molar-refractivity contribution >= 4 is 50.7 Å². The van der Waals surface area contributed by atoms with Gasteiger partial charge < -0.3 is 15.0 Å². The van der Waals surface area contributed by atoms with Gasteiger partial charge in [0.15, 0.2) is 0 Å². The van der Waals surface area contributed by atoms with Gasteiger partial charge in [-0.2, -0.15) is 0 Å². The van der Waals surface area contributed by atoms with Gasteiger partial charge in [0.2, 0.25) is 11.8 Å². The van der Waals surface area contributed by atoms with Gasteiger partial charge in [-0.3, -0.25) is 13.9 Å². The Bertz CT molecular complexity index is 2130. The monoisotopic (exact) mass is 783 g/mol. The summed E-state index contributed by atoms with van der Waals surface area (Å²) in [6.07, 6.45) is 5.05. The molecule has 1 N–H and O–H groups in total. The van der Waals surface area contributed by atoms with E-state index in [-0.39, 0.29) is 35.5 Å². The minimum Gasteiger partial charge on any atom is -0.457 e. The second-order valence-corrected chi connectivity index (χ2v) is 16.2. The lowest BCUT2D eigenvalue weighted by molar-refractivity contribution is -0.140. The van der Waals surface area contributed by atoms with E-state index in [4.69, 9.17) is 27.9 Å². The molecule has 0 heterocycles. The van der Waals surface area contributed by atoms with Crippen LogP contribution in [0.5, 0.6) is 11.5 Å². The van der Waals surface area contributed by atoms with Crippen molar-refractivity contribution in [3.63, 3.8) is 0 Å². The standard InChI is InChI=1S/C43H43Cl2N3O5S/c1-31-17-25-39(26-18-31)54(51,52)48(36-21-23-38(24-22-36)53-37-15-9-4-10-16-37)30-42(49)47(29-33-19-20-34(44)28-40(33)45)41(27-32-11-5-2-6-12-32)43(50)46-35-13-7-3-8-14-35/h2,4-6,9-12,15-26,28,35,41H,3,7-8,13-14,27,29-30H2,1H3,(H,46,50). The second kappa shape index (κ2) is 18.0. The molecule has 5 aromatic carbocycles. The second-order valence-electron chi connectivity index (χ2n) is 13.5. The van der Waals surface area contributed by atoms with Gasteiger partial charge in [-0.25, -0.2) is 8.42 Å². The van der Waals surface area contributed by atoms with Crippen LogP contribution in [0.4, 0.5) is 5.69 Å². The Morgan fingerprint density at radius 3 is 2.07 bits per heavy atom. The summed E-state index contributed by atoms with van der Waals surface area (Å²) in [7, 11) is -4.28. The van der Waals surface area contributed by atoms with Gasteiger partial charge in [-0.15, -0.1) is 0 Å². The zero-order valence-corrected chi connectivity index (χ0v) is 32.4. The fourth-order valence-corrected chi connectivity index (χ4v) is 8.49. The van der Waals surface area contributed by atoms with Crippen molar-refractivity contribution in [2.75, 3.05) is 10.8 Å². The predicted octanol–water partition coefficient (Wildman–Crippen LogP) is 9.38. The van der Waals surface area contributed by atoms with Crippen LogP contribution in [-0.4, -0.2) is 43.8 Å². The van der Waals surface area contributed by atoms with Crippen LogP contribution in [0, 0.1) is 6.92 Å². The van der Waals surface area contributed by atoms with Gasteiger partial charge in [0.1, 0.15) is 24.1 Å². The number of nitrogens with one attached hydrogen (secondary N) is 1. The van der Waals surface area contributed by atoms with E-state index in [9.17, 15) is 18.0 Å². The Hall–Kier alpha value is -4.83. The van der Waals surface area contributed by atoms with E-state index in [1.807, 2.05) is 67.6 Å². The van der Waals surface area contributed by atoms with Crippen LogP contribution in [0.2, 0.25) is 10.0 Å². The molecular formula is C43H43Cl2N3O5S. The number of benzene rings is 5. The summed E-state index contributed by atoms with van der Waals surface area (Å²) in [5.41, 5.74) is 2.55. The van der Waals surface area contributed by atoms with Crippen LogP contribution in [0.1, 0.15) is 48.8 Å². The molecule has 280 valence electrons. The number of amides is 2. The zero-order valence-electron chi connectivity index (χ0n) is 30.0. The van der Waals surface area contributed by atoms with E-state index < -0.39 is 28.5 Å². The zero-order chi connectivity index (χ0) is 38.1. The third-order valence-electron chi connectivity index (χ3n) is 9.57. The molecule has 1 saturated carbocycles. The van der Waals surface area contributed by atoms with Gasteiger partial charge in [-0.05, 0) is 91.6 Å². The van der Waals surface area contributed by atoms with Crippen LogP contribution in [0.15, 0.2) is 132 Å². The number of nitrogens with zero attached hydrogens (tertiary/aromatic N) is 2. The third kappa shape index (κ3) is 10.0. The highest BCUT2D eigenvalue weighted by atomic mass is 35.5. The van der Waals surface area contributed by atoms with Crippen LogP contribution in [-0.2, 0) is 32.6 Å². The highest BCUT2D eigenvalue weighted by Gasteiger charge is 2.36. The number of ether oxygens (including phenoxy) is 1. The van der Waals surface area contributed by atoms with E-state index in [2.05, 4.69) is 5.32 Å². The number of anilines is 1. The molecule has 1 aliphatic carbocycles. The number of sulfonamides is 1. The first-order chi connectivity index (χ1) is 26.1. The number of carbonyl (C=O) groups excluding carboxylic acids is 2. The summed E-state index contributed by atoms with van der Waals surface area (Å²) >= 11 is 12.9. The van der Waals surface area contributed by atoms with Crippen molar-refractivity contribution in [3.8, 4) is 11.5 Å². The Morgan fingerprint density at radius 1 is 0.796 bits per heavy atom. The van der Waals surface area contributed by atoms with Crippen molar-refractivity contribution in [2.24, 2.45) is 0 Å². The Balaban J connectivity index is 1.40. The molecule has 5 aromatic rings. The molecule has 0 radical (unpaired) electrons. The van der Waals surface area contributed by atoms with Crippen molar-refractivity contribution in [1.29, 1.82) is 0 Å². The minimum absolute atomic E-state index is 0.0179. The lowest BCUT2D eigenvalue weighted by Crippen LogP contribution is -2.55. The number of para-hydroxylation sites is 1. The average molecular weight is 785 g/mol. The van der Waals surface area contributed by atoms with Crippen molar-refractivity contribution < 1.29 is 22.7 Å². The van der Waals surface area contributed by atoms with Gasteiger partial charge in [-0.1, -0.05) is 115 Å². The summed E-state index contributed by atoms with van der Waals surface area (Å²) in [5.74, 6) is 0.225. The van der Waals surface area contributed by atoms with E-state index >= 15 is 0 Å². The third-order valence-corrected chi connectivity index (χ3v) is 11.9. The summed E-state index contributed by atoms with van der Waals surface area (Å²) < 4.78 is 36.0. The van der Waals surface area contributed by atoms with Crippen LogP contribution in [0.3, 0.4) is 0 Å². The molecular weight excluding hydrogens is 741 g/mol. The number of rotatable bonds is 14. The fourth-order valence-electron chi connectivity index (χ4n) is 6.60. The maximum Gasteiger partial charge on any atom is 0.264 e. The molecule has 0 saturated heterocycles. The molecule has 1 unspecified atom stereocenters. The van der Waals surface area contributed by atoms with E-state index in [1.165, 1.54) is 17.0 Å². The Morgan fingerprint density at radius 2 is 1.43 bits per heavy atom. The van der Waals surface area contributed by atoms with Crippen LogP contribution >= 0.6 is 23.2 Å². The fraction of sp³-hybridized carbons (Fsp3) is 0.256. The Kier molecular flexibility index (Phi) is 13.0. The first-order valence-electron chi connectivity index (χ1n) is 18.1. The first-order valence-corrected chi connectivity index (χ1v) is 20.3. The lowest BCUT2D eigenvalue weighted by Gasteiger charge is -2.35. The smallest absolute Gasteiger partial charge is 0.264 e. The van der Waals surface area contributed by atoms with Crippen molar-refractivity contribution in [1.82, 2.24) is 10.2 Å². The maximum absolute atomic E-state index is 14.9. The average Bonchev–Trinajstić information content (AvgIpc) is 3.17. The normalized spacial score (nSPS) is 13.8. The van der Waals surface area contributed by atoms with Gasteiger partial charge in [0.25, 0.3) is 10.0 Å². The van der Waals surface area contributed by atoms with Crippen molar-refractivity contribution in [2.45, 2.75) is 69.0 Å². The van der Waals surface area contributed by atoms with E-state index in [0.717, 1.165) is 47.5 Å². The number of halogens is 2. The van der Waals surface area contributed by atoms with Crippen LogP contribution in [0.25, 0.3) is 0 Å². The number of hydrogen-bond acceptors (Lipinski definition) is 5. The molecule has 11 heteroatoms. The molecule has 0 aromatic heterocycles. The molecule has 6 rings (SSSR count). The number of aryl methyl sites for hydroxylation is 1. The van der Waals surface area contributed by atoms with Gasteiger partial charge in [0.05, 0.1) is 10.6 Å². The molecule has 54 heavy (non-hydrogen) atoms. The summed E-state index contributed by atoms with van der Waals surface area (Å²) in [6, 6.07) is 35.7. The van der Waals surface area contributed by atoms with Gasteiger partial charge >= 0.3 is 0 Å². The summed E-state index contributed by atoms with van der Waals surface area (Å²) in [4.78, 5) is 30.8. The SMILES string of the molecule is Cc1ccc(S(=O)(=O)N(CC(=O)N(Cc2ccc(Cl)cc2Cl)C(Cc2ccccc2)C(=O)NC2CCCCC2)c2ccc(Oc3ccccc3)cc2)cc1. The molecule has 0 aliphatic heterocycles. The number of hydrogen-bond donors (Lipinski definition) is 1. The van der Waals surface area contributed by atoms with E-state index in [0.29, 0.717) is 27.1 Å². The summed E-state index contributed by atoms with van der Waals surface area (Å²) in [6.45, 7) is 1.21. The highest BCUT2D eigenvalue weighted by molar-refractivity contribution is 7.92. The lowest BCUT2D eigenvalue weighted by atomic mass is 9.94. The Labute approximate surface area is 327 Å². The van der Waals surface area contributed by atoms with Gasteiger partial charge in [0, 0.05) is 29.1 Å². The van der Waals surface area contributed by atoms with Crippen LogP contribution < -0.4 is 14.4 Å². The largest absolute Gasteiger partial charge is 0.457 e. The quantitative estimate of drug-likeness (QED) is 0.121. The molecule has 1 fully saturated rings. The molecule has 1 atom stereocenters. The topological polar surface area (TPSA) is 96.0 Å². The molecule has 0 bridgehead atoms. The van der Waals surface area contributed by atoms with Crippen molar-refractivity contribution in [3.05, 3.63) is 154 Å². The molecule has 0 spiro atoms. The first kappa shape index (κ1) is 38.9.